The van der Waals surface area contributed by atoms with Crippen molar-refractivity contribution in [1.82, 2.24) is 0 Å². The topological polar surface area (TPSA) is 70.9 Å². The molecule has 0 spiro atoms. The van der Waals surface area contributed by atoms with Gasteiger partial charge in [-0.3, -0.25) is 4.99 Å². The molecule has 0 aliphatic carbocycles. The number of carbonyl (C=O) groups is 1. The number of nitrogens with zero attached hydrogens (tertiary/aromatic N) is 1. The summed E-state index contributed by atoms with van der Waals surface area (Å²) >= 11 is 0. The van der Waals surface area contributed by atoms with Crippen LogP contribution >= 0.6 is 0 Å². The fourth-order valence-electron chi connectivity index (χ4n) is 3.59. The van der Waals surface area contributed by atoms with Crippen molar-refractivity contribution in [1.29, 1.82) is 0 Å². The van der Waals surface area contributed by atoms with Gasteiger partial charge < -0.3 is 15.2 Å². The molecule has 2 N–H and O–H groups in total. The molecule has 2 aromatic rings. The quantitative estimate of drug-likeness (QED) is 0.569. The molecule has 0 fully saturated rings. The Kier molecular flexibility index (Phi) is 6.21. The van der Waals surface area contributed by atoms with Crippen molar-refractivity contribution in [2.45, 2.75) is 33.7 Å². The Labute approximate surface area is 177 Å². The van der Waals surface area contributed by atoms with Gasteiger partial charge in [-0.2, -0.15) is 0 Å². The molecule has 1 unspecified atom stereocenters. The van der Waals surface area contributed by atoms with E-state index < -0.39 is 5.97 Å². The standard InChI is InChI=1S/C25H26N2O3/c1-6-17-14-23(21(7-2)26-5)30-24-19(12-15(3)13-20(17)24)16(4)27-22-11-9-8-10-18(22)25(28)29/h6-14,16,27H,5H2,1-4H3,(H,28,29)/b17-6?,21-7-. The number of nitrogens with one attached hydrogen (secondary N) is 1. The number of rotatable bonds is 6. The molecule has 0 bridgehead atoms. The first-order valence-corrected chi connectivity index (χ1v) is 9.82. The van der Waals surface area contributed by atoms with Crippen molar-refractivity contribution in [2.24, 2.45) is 4.99 Å². The van der Waals surface area contributed by atoms with Crippen molar-refractivity contribution >= 4 is 23.9 Å². The lowest BCUT2D eigenvalue weighted by atomic mass is 9.93. The number of benzene rings is 2. The third kappa shape index (κ3) is 4.06. The molecule has 1 aliphatic heterocycles. The molecule has 3 rings (SSSR count). The van der Waals surface area contributed by atoms with Crippen LogP contribution < -0.4 is 10.1 Å². The van der Waals surface area contributed by atoms with Crippen LogP contribution in [0.1, 0.15) is 53.9 Å². The Morgan fingerprint density at radius 2 is 2.00 bits per heavy atom. The van der Waals surface area contributed by atoms with Crippen LogP contribution in [-0.2, 0) is 0 Å². The van der Waals surface area contributed by atoms with E-state index >= 15 is 0 Å². The number of aryl methyl sites for hydroxylation is 1. The minimum absolute atomic E-state index is 0.192. The molecule has 0 amide bonds. The van der Waals surface area contributed by atoms with Gasteiger partial charge in [-0.25, -0.2) is 4.79 Å². The third-order valence-electron chi connectivity index (χ3n) is 5.07. The maximum absolute atomic E-state index is 11.6. The van der Waals surface area contributed by atoms with Crippen LogP contribution in [0.15, 0.2) is 71.1 Å². The molecule has 1 aliphatic rings. The first-order valence-electron chi connectivity index (χ1n) is 9.82. The van der Waals surface area contributed by atoms with Crippen LogP contribution in [-0.4, -0.2) is 17.8 Å². The molecule has 5 nitrogen and oxygen atoms in total. The van der Waals surface area contributed by atoms with Crippen molar-refractivity contribution in [3.05, 3.63) is 88.3 Å². The summed E-state index contributed by atoms with van der Waals surface area (Å²) < 4.78 is 6.29. The lowest BCUT2D eigenvalue weighted by Gasteiger charge is -2.27. The predicted molar refractivity (Wildman–Crippen MR) is 122 cm³/mol. The zero-order chi connectivity index (χ0) is 21.8. The molecular weight excluding hydrogens is 376 g/mol. The van der Waals surface area contributed by atoms with Gasteiger partial charge in [0.15, 0.2) is 5.76 Å². The number of allylic oxidation sites excluding steroid dienone is 4. The molecule has 0 saturated heterocycles. The van der Waals surface area contributed by atoms with Crippen LogP contribution in [0.25, 0.3) is 5.57 Å². The first kappa shape index (κ1) is 21.1. The number of hydrogen-bond acceptors (Lipinski definition) is 4. The van der Waals surface area contributed by atoms with Gasteiger partial charge >= 0.3 is 5.97 Å². The minimum Gasteiger partial charge on any atom is -0.478 e. The van der Waals surface area contributed by atoms with Gasteiger partial charge in [-0.05, 0) is 69.8 Å². The first-order chi connectivity index (χ1) is 14.4. The number of anilines is 1. The molecule has 30 heavy (non-hydrogen) atoms. The minimum atomic E-state index is -0.968. The van der Waals surface area contributed by atoms with E-state index in [1.807, 2.05) is 52.0 Å². The maximum atomic E-state index is 11.6. The summed E-state index contributed by atoms with van der Waals surface area (Å²) in [5.74, 6) is 0.405. The number of aromatic carboxylic acids is 1. The van der Waals surface area contributed by atoms with Crippen LogP contribution in [0.2, 0.25) is 0 Å². The zero-order valence-electron chi connectivity index (χ0n) is 17.7. The fourth-order valence-corrected chi connectivity index (χ4v) is 3.59. The van der Waals surface area contributed by atoms with Crippen LogP contribution in [0.3, 0.4) is 0 Å². The SMILES string of the molecule is C=N/C(=C\C)C1=CC(=CC)c2cc(C)cc(C(C)Nc3ccccc3C(=O)O)c2O1. The summed E-state index contributed by atoms with van der Waals surface area (Å²) in [7, 11) is 0. The molecule has 1 heterocycles. The fraction of sp³-hybridized carbons (Fsp3) is 0.200. The number of aliphatic imine (C=N–C) groups is 1. The summed E-state index contributed by atoms with van der Waals surface area (Å²) in [6.45, 7) is 11.6. The van der Waals surface area contributed by atoms with Crippen molar-refractivity contribution in [3.8, 4) is 5.75 Å². The summed E-state index contributed by atoms with van der Waals surface area (Å²) in [4.78, 5) is 15.7. The highest BCUT2D eigenvalue weighted by molar-refractivity contribution is 5.94. The van der Waals surface area contributed by atoms with Gasteiger partial charge in [0.2, 0.25) is 0 Å². The van der Waals surface area contributed by atoms with Gasteiger partial charge in [0.25, 0.3) is 0 Å². The second-order valence-corrected chi connectivity index (χ2v) is 7.13. The van der Waals surface area contributed by atoms with Gasteiger partial charge in [0.05, 0.1) is 11.6 Å². The van der Waals surface area contributed by atoms with E-state index in [-0.39, 0.29) is 11.6 Å². The van der Waals surface area contributed by atoms with Crippen molar-refractivity contribution in [3.63, 3.8) is 0 Å². The monoisotopic (exact) mass is 402 g/mol. The lowest BCUT2D eigenvalue weighted by Crippen LogP contribution is -2.15. The maximum Gasteiger partial charge on any atom is 0.337 e. The van der Waals surface area contributed by atoms with Gasteiger partial charge in [-0.15, -0.1) is 0 Å². The molecule has 2 aromatic carbocycles. The van der Waals surface area contributed by atoms with Gasteiger partial charge in [0.1, 0.15) is 11.4 Å². The van der Waals surface area contributed by atoms with E-state index in [2.05, 4.69) is 29.2 Å². The van der Waals surface area contributed by atoms with Crippen LogP contribution in [0, 0.1) is 6.92 Å². The summed E-state index contributed by atoms with van der Waals surface area (Å²) in [6.07, 6.45) is 5.86. The second-order valence-electron chi connectivity index (χ2n) is 7.13. The Balaban J connectivity index is 2.08. The molecule has 1 atom stereocenters. The number of ether oxygens (including phenoxy) is 1. The summed E-state index contributed by atoms with van der Waals surface area (Å²) in [5.41, 5.74) is 5.53. The number of para-hydroxylation sites is 1. The summed E-state index contributed by atoms with van der Waals surface area (Å²) in [5, 5.41) is 12.8. The smallest absolute Gasteiger partial charge is 0.337 e. The van der Waals surface area contributed by atoms with Crippen molar-refractivity contribution < 1.29 is 14.6 Å². The second kappa shape index (κ2) is 8.82. The lowest BCUT2D eigenvalue weighted by molar-refractivity contribution is 0.0698. The average Bonchev–Trinajstić information content (AvgIpc) is 2.73. The Hall–Kier alpha value is -3.60. The largest absolute Gasteiger partial charge is 0.478 e. The van der Waals surface area contributed by atoms with E-state index in [9.17, 15) is 9.90 Å². The normalized spacial score (nSPS) is 15.7. The molecular formula is C25H26N2O3. The number of fused-ring (bicyclic) bond motifs is 1. The van der Waals surface area contributed by atoms with E-state index in [0.717, 1.165) is 28.0 Å². The van der Waals surface area contributed by atoms with Gasteiger partial charge in [-0.1, -0.05) is 30.4 Å². The Bertz CT molecular complexity index is 1090. The molecule has 5 heteroatoms. The third-order valence-corrected chi connectivity index (χ3v) is 5.07. The Morgan fingerprint density at radius 3 is 2.63 bits per heavy atom. The molecule has 154 valence electrons. The van der Waals surface area contributed by atoms with E-state index in [1.165, 1.54) is 0 Å². The predicted octanol–water partition coefficient (Wildman–Crippen LogP) is 6.15. The van der Waals surface area contributed by atoms with E-state index in [0.29, 0.717) is 17.1 Å². The number of carboxylic acids is 1. The molecule has 0 aromatic heterocycles. The number of hydrogen-bond donors (Lipinski definition) is 2. The van der Waals surface area contributed by atoms with Crippen molar-refractivity contribution in [2.75, 3.05) is 5.32 Å². The summed E-state index contributed by atoms with van der Waals surface area (Å²) in [6, 6.07) is 10.9. The average molecular weight is 402 g/mol. The van der Waals surface area contributed by atoms with E-state index in [4.69, 9.17) is 4.74 Å². The van der Waals surface area contributed by atoms with Crippen LogP contribution in [0.5, 0.6) is 5.75 Å². The highest BCUT2D eigenvalue weighted by Gasteiger charge is 2.25. The van der Waals surface area contributed by atoms with E-state index in [1.54, 1.807) is 18.2 Å². The van der Waals surface area contributed by atoms with Crippen LogP contribution in [0.4, 0.5) is 5.69 Å². The number of carboxylic acid groups (broad SMARTS) is 1. The highest BCUT2D eigenvalue weighted by Crippen LogP contribution is 2.42. The molecule has 0 saturated carbocycles. The highest BCUT2D eigenvalue weighted by atomic mass is 16.5. The van der Waals surface area contributed by atoms with Gasteiger partial charge in [0, 0.05) is 16.8 Å². The Morgan fingerprint density at radius 1 is 1.27 bits per heavy atom. The zero-order valence-corrected chi connectivity index (χ0v) is 17.7. The molecule has 0 radical (unpaired) electrons.